The van der Waals surface area contributed by atoms with Gasteiger partial charge in [-0.1, -0.05) is 24.3 Å². The van der Waals surface area contributed by atoms with Crippen molar-refractivity contribution >= 4 is 17.1 Å². The van der Waals surface area contributed by atoms with Crippen LogP contribution in [0.4, 0.5) is 17.1 Å². The largest absolute Gasteiger partial charge is 0.363 e. The number of nitro benzene ring substituents is 2. The van der Waals surface area contributed by atoms with Gasteiger partial charge in [0, 0.05) is 50.4 Å². The number of hydrogen-bond acceptors (Lipinski definition) is 6. The van der Waals surface area contributed by atoms with Gasteiger partial charge in [0.2, 0.25) is 0 Å². The molecule has 0 amide bonds. The number of para-hydroxylation sites is 2. The molecule has 1 aliphatic rings. The van der Waals surface area contributed by atoms with Crippen molar-refractivity contribution in [2.45, 2.75) is 13.0 Å². The summed E-state index contributed by atoms with van der Waals surface area (Å²) in [7, 11) is 0. The quantitative estimate of drug-likeness (QED) is 0.602. The van der Waals surface area contributed by atoms with Gasteiger partial charge in [0.05, 0.1) is 9.85 Å². The first-order chi connectivity index (χ1) is 12.5. The minimum absolute atomic E-state index is 0.0443. The van der Waals surface area contributed by atoms with Gasteiger partial charge in [0.1, 0.15) is 5.69 Å². The van der Waals surface area contributed by atoms with Crippen LogP contribution in [0.1, 0.15) is 18.5 Å². The summed E-state index contributed by atoms with van der Waals surface area (Å²) in [4.78, 5) is 25.7. The summed E-state index contributed by atoms with van der Waals surface area (Å²) in [6.45, 7) is 4.83. The van der Waals surface area contributed by atoms with E-state index in [0.717, 1.165) is 18.7 Å². The summed E-state index contributed by atoms with van der Waals surface area (Å²) in [6.07, 6.45) is 0. The van der Waals surface area contributed by atoms with Gasteiger partial charge in [0.25, 0.3) is 11.4 Å². The van der Waals surface area contributed by atoms with Crippen molar-refractivity contribution in [3.63, 3.8) is 0 Å². The summed E-state index contributed by atoms with van der Waals surface area (Å²) in [5.41, 5.74) is 1.75. The van der Waals surface area contributed by atoms with Gasteiger partial charge in [-0.3, -0.25) is 25.1 Å². The molecule has 0 aromatic heterocycles. The first kappa shape index (κ1) is 17.8. The van der Waals surface area contributed by atoms with Gasteiger partial charge in [-0.15, -0.1) is 0 Å². The Morgan fingerprint density at radius 3 is 2.27 bits per heavy atom. The molecule has 136 valence electrons. The lowest BCUT2D eigenvalue weighted by Crippen LogP contribution is -2.47. The molecule has 1 fully saturated rings. The highest BCUT2D eigenvalue weighted by molar-refractivity contribution is 5.63. The Hall–Kier alpha value is -3.00. The van der Waals surface area contributed by atoms with Crippen LogP contribution in [0.25, 0.3) is 0 Å². The predicted octanol–water partition coefficient (Wildman–Crippen LogP) is 3.39. The van der Waals surface area contributed by atoms with E-state index in [1.54, 1.807) is 30.3 Å². The van der Waals surface area contributed by atoms with Crippen molar-refractivity contribution in [1.29, 1.82) is 0 Å². The summed E-state index contributed by atoms with van der Waals surface area (Å²) < 4.78 is 0. The van der Waals surface area contributed by atoms with E-state index in [-0.39, 0.29) is 27.3 Å². The maximum absolute atomic E-state index is 11.2. The van der Waals surface area contributed by atoms with Gasteiger partial charge in [-0.2, -0.15) is 0 Å². The molecule has 0 N–H and O–H groups in total. The van der Waals surface area contributed by atoms with Crippen LogP contribution < -0.4 is 4.90 Å². The Morgan fingerprint density at radius 1 is 0.923 bits per heavy atom. The Labute approximate surface area is 150 Å². The lowest BCUT2D eigenvalue weighted by molar-refractivity contribution is -0.385. The van der Waals surface area contributed by atoms with Crippen LogP contribution in [0.2, 0.25) is 0 Å². The van der Waals surface area contributed by atoms with E-state index in [1.807, 2.05) is 17.9 Å². The zero-order chi connectivity index (χ0) is 18.7. The van der Waals surface area contributed by atoms with E-state index < -0.39 is 0 Å². The molecule has 1 atom stereocenters. The zero-order valence-electron chi connectivity index (χ0n) is 14.4. The van der Waals surface area contributed by atoms with Crippen molar-refractivity contribution in [3.05, 3.63) is 74.3 Å². The number of anilines is 1. The predicted molar refractivity (Wildman–Crippen MR) is 98.4 cm³/mol. The van der Waals surface area contributed by atoms with Gasteiger partial charge < -0.3 is 4.90 Å². The van der Waals surface area contributed by atoms with E-state index in [0.29, 0.717) is 18.8 Å². The minimum atomic E-state index is -0.386. The third kappa shape index (κ3) is 3.65. The second-order valence-electron chi connectivity index (χ2n) is 6.30. The molecule has 8 heteroatoms. The number of piperazine rings is 1. The minimum Gasteiger partial charge on any atom is -0.363 e. The molecule has 1 aliphatic heterocycles. The molecule has 0 aliphatic carbocycles. The number of nitro groups is 2. The molecule has 1 unspecified atom stereocenters. The Bertz CT molecular complexity index is 818. The summed E-state index contributed by atoms with van der Waals surface area (Å²) >= 11 is 0. The molecule has 2 aromatic carbocycles. The molecule has 1 saturated heterocycles. The molecule has 26 heavy (non-hydrogen) atoms. The average Bonchev–Trinajstić information content (AvgIpc) is 2.67. The molecule has 0 bridgehead atoms. The molecule has 1 heterocycles. The van der Waals surface area contributed by atoms with Crippen LogP contribution in [0, 0.1) is 20.2 Å². The normalized spacial score (nSPS) is 16.3. The van der Waals surface area contributed by atoms with E-state index >= 15 is 0 Å². The van der Waals surface area contributed by atoms with Crippen LogP contribution in [0.15, 0.2) is 48.5 Å². The van der Waals surface area contributed by atoms with Gasteiger partial charge in [-0.25, -0.2) is 0 Å². The van der Waals surface area contributed by atoms with Gasteiger partial charge in [0.15, 0.2) is 0 Å². The summed E-state index contributed by atoms with van der Waals surface area (Å²) in [6, 6.07) is 13.5. The molecular weight excluding hydrogens is 336 g/mol. The molecule has 3 rings (SSSR count). The fourth-order valence-electron chi connectivity index (χ4n) is 3.35. The lowest BCUT2D eigenvalue weighted by Gasteiger charge is -2.39. The Morgan fingerprint density at radius 2 is 1.62 bits per heavy atom. The number of non-ortho nitro benzene ring substituents is 1. The highest BCUT2D eigenvalue weighted by atomic mass is 16.6. The monoisotopic (exact) mass is 356 g/mol. The summed E-state index contributed by atoms with van der Waals surface area (Å²) in [5, 5.41) is 22.2. The fraction of sp³-hybridized carbons (Fsp3) is 0.333. The highest BCUT2D eigenvalue weighted by Crippen LogP contribution is 2.30. The van der Waals surface area contributed by atoms with Crippen molar-refractivity contribution in [2.75, 3.05) is 31.1 Å². The average molecular weight is 356 g/mol. The van der Waals surface area contributed by atoms with Crippen LogP contribution in [0.5, 0.6) is 0 Å². The highest BCUT2D eigenvalue weighted by Gasteiger charge is 2.26. The summed E-state index contributed by atoms with van der Waals surface area (Å²) in [5.74, 6) is 0. The van der Waals surface area contributed by atoms with E-state index in [4.69, 9.17) is 0 Å². The molecule has 2 aromatic rings. The molecular formula is C18H20N4O4. The van der Waals surface area contributed by atoms with Crippen LogP contribution in [-0.4, -0.2) is 40.9 Å². The maximum atomic E-state index is 11.2. The second-order valence-corrected chi connectivity index (χ2v) is 6.30. The van der Waals surface area contributed by atoms with Crippen molar-refractivity contribution in [2.24, 2.45) is 0 Å². The maximum Gasteiger partial charge on any atom is 0.292 e. The molecule has 0 radical (unpaired) electrons. The van der Waals surface area contributed by atoms with E-state index in [9.17, 15) is 20.2 Å². The van der Waals surface area contributed by atoms with Crippen molar-refractivity contribution in [1.82, 2.24) is 4.90 Å². The third-order valence-electron chi connectivity index (χ3n) is 4.84. The Balaban J connectivity index is 1.70. The van der Waals surface area contributed by atoms with E-state index in [1.165, 1.54) is 12.1 Å². The first-order valence-corrected chi connectivity index (χ1v) is 8.44. The fourth-order valence-corrected chi connectivity index (χ4v) is 3.35. The third-order valence-corrected chi connectivity index (χ3v) is 4.84. The zero-order valence-corrected chi connectivity index (χ0v) is 14.4. The van der Waals surface area contributed by atoms with Gasteiger partial charge in [-0.05, 0) is 18.6 Å². The second kappa shape index (κ2) is 7.49. The number of benzene rings is 2. The SMILES string of the molecule is CC(c1cccc([N+](=O)[O-])c1)N1CCN(c2ccccc2[N+](=O)[O-])CC1. The van der Waals surface area contributed by atoms with Crippen LogP contribution in [0.3, 0.4) is 0 Å². The van der Waals surface area contributed by atoms with Crippen molar-refractivity contribution < 1.29 is 9.85 Å². The van der Waals surface area contributed by atoms with Gasteiger partial charge >= 0.3 is 0 Å². The van der Waals surface area contributed by atoms with Crippen LogP contribution in [-0.2, 0) is 0 Å². The number of rotatable bonds is 5. The molecule has 0 spiro atoms. The number of nitrogens with zero attached hydrogens (tertiary/aromatic N) is 4. The van der Waals surface area contributed by atoms with Crippen LogP contribution >= 0.6 is 0 Å². The molecule has 8 nitrogen and oxygen atoms in total. The van der Waals surface area contributed by atoms with Crippen molar-refractivity contribution in [3.8, 4) is 0 Å². The smallest absolute Gasteiger partial charge is 0.292 e. The topological polar surface area (TPSA) is 92.8 Å². The first-order valence-electron chi connectivity index (χ1n) is 8.44. The molecule has 0 saturated carbocycles. The lowest BCUT2D eigenvalue weighted by atomic mass is 10.1. The van der Waals surface area contributed by atoms with E-state index in [2.05, 4.69) is 4.90 Å². The standard InChI is InChI=1S/C18H20N4O4/c1-14(15-5-4-6-16(13-15)21(23)24)19-9-11-20(12-10-19)17-7-2-3-8-18(17)22(25)26/h2-8,13-14H,9-12H2,1H3. The Kier molecular flexibility index (Phi) is 5.13. The number of hydrogen-bond donors (Lipinski definition) is 0.